The summed E-state index contributed by atoms with van der Waals surface area (Å²) in [6.07, 6.45) is 0. The van der Waals surface area contributed by atoms with Gasteiger partial charge in [0.25, 0.3) is 0 Å². The molecule has 0 unspecified atom stereocenters. The SMILES string of the molecule is Fc1cccc(-n2c(-c3ccccc3-c3nc(-c4ccccc4)nc(-c4ccccc4)n3)nc3ccccc32)c1. The molecule has 0 fully saturated rings. The third-order valence-electron chi connectivity index (χ3n) is 6.74. The van der Waals surface area contributed by atoms with E-state index in [-0.39, 0.29) is 5.82 Å². The Kier molecular flexibility index (Phi) is 5.90. The monoisotopic (exact) mass is 519 g/mol. The molecule has 5 nitrogen and oxygen atoms in total. The van der Waals surface area contributed by atoms with Crippen molar-refractivity contribution in [1.82, 2.24) is 24.5 Å². The minimum absolute atomic E-state index is 0.313. The first kappa shape index (κ1) is 23.6. The molecule has 0 N–H and O–H groups in total. The summed E-state index contributed by atoms with van der Waals surface area (Å²) >= 11 is 0. The quantitative estimate of drug-likeness (QED) is 0.231. The average molecular weight is 520 g/mol. The van der Waals surface area contributed by atoms with Gasteiger partial charge in [-0.15, -0.1) is 0 Å². The summed E-state index contributed by atoms with van der Waals surface area (Å²) in [6.45, 7) is 0. The largest absolute Gasteiger partial charge is 0.292 e. The number of halogens is 1. The van der Waals surface area contributed by atoms with Crippen molar-refractivity contribution >= 4 is 11.0 Å². The second kappa shape index (κ2) is 10.0. The molecule has 7 aromatic rings. The van der Waals surface area contributed by atoms with E-state index in [9.17, 15) is 4.39 Å². The summed E-state index contributed by atoms with van der Waals surface area (Å²) in [5, 5.41) is 0. The van der Waals surface area contributed by atoms with E-state index in [1.54, 1.807) is 6.07 Å². The maximum absolute atomic E-state index is 14.4. The number of hydrogen-bond donors (Lipinski definition) is 0. The normalized spacial score (nSPS) is 11.1. The van der Waals surface area contributed by atoms with E-state index >= 15 is 0 Å². The number of nitrogens with zero attached hydrogens (tertiary/aromatic N) is 5. The first-order valence-electron chi connectivity index (χ1n) is 12.9. The second-order valence-corrected chi connectivity index (χ2v) is 9.32. The van der Waals surface area contributed by atoms with Crippen molar-refractivity contribution in [2.24, 2.45) is 0 Å². The molecule has 2 aromatic heterocycles. The maximum atomic E-state index is 14.4. The Morgan fingerprint density at radius 3 is 1.73 bits per heavy atom. The molecule has 5 aromatic carbocycles. The zero-order valence-corrected chi connectivity index (χ0v) is 21.3. The summed E-state index contributed by atoms with van der Waals surface area (Å²) in [5.74, 6) is 2.05. The Morgan fingerprint density at radius 2 is 1.05 bits per heavy atom. The van der Waals surface area contributed by atoms with Crippen molar-refractivity contribution in [3.8, 4) is 51.2 Å². The highest BCUT2D eigenvalue weighted by Gasteiger charge is 2.20. The summed E-state index contributed by atoms with van der Waals surface area (Å²) in [7, 11) is 0. The van der Waals surface area contributed by atoms with Crippen molar-refractivity contribution < 1.29 is 4.39 Å². The molecule has 2 heterocycles. The molecule has 6 heteroatoms. The topological polar surface area (TPSA) is 56.5 Å². The van der Waals surface area contributed by atoms with Crippen LogP contribution >= 0.6 is 0 Å². The van der Waals surface area contributed by atoms with E-state index in [1.165, 1.54) is 12.1 Å². The Hall–Kier alpha value is -5.49. The fraction of sp³-hybridized carbons (Fsp3) is 0. The van der Waals surface area contributed by atoms with Crippen molar-refractivity contribution in [2.45, 2.75) is 0 Å². The van der Waals surface area contributed by atoms with Gasteiger partial charge in [-0.25, -0.2) is 24.3 Å². The molecule has 190 valence electrons. The number of rotatable bonds is 5. The third kappa shape index (κ3) is 4.31. The Bertz CT molecular complexity index is 1910. The van der Waals surface area contributed by atoms with E-state index in [1.807, 2.05) is 120 Å². The van der Waals surface area contributed by atoms with Crippen LogP contribution in [-0.2, 0) is 0 Å². The molecule has 0 saturated carbocycles. The van der Waals surface area contributed by atoms with Crippen LogP contribution in [0, 0.1) is 5.82 Å². The number of hydrogen-bond acceptors (Lipinski definition) is 4. The van der Waals surface area contributed by atoms with Crippen LogP contribution in [0.15, 0.2) is 133 Å². The number of imidazole rings is 1. The zero-order chi connectivity index (χ0) is 26.9. The van der Waals surface area contributed by atoms with Gasteiger partial charge in [0.2, 0.25) is 0 Å². The lowest BCUT2D eigenvalue weighted by Crippen LogP contribution is -2.03. The Labute approximate surface area is 230 Å². The zero-order valence-electron chi connectivity index (χ0n) is 21.3. The van der Waals surface area contributed by atoms with E-state index in [2.05, 4.69) is 0 Å². The van der Waals surface area contributed by atoms with Gasteiger partial charge in [-0.3, -0.25) is 4.57 Å². The van der Waals surface area contributed by atoms with Crippen LogP contribution in [0.5, 0.6) is 0 Å². The van der Waals surface area contributed by atoms with Crippen molar-refractivity contribution in [2.75, 3.05) is 0 Å². The van der Waals surface area contributed by atoms with Gasteiger partial charge in [-0.05, 0) is 30.3 Å². The van der Waals surface area contributed by atoms with Crippen LogP contribution in [0.2, 0.25) is 0 Å². The molecule has 0 bridgehead atoms. The molecule has 40 heavy (non-hydrogen) atoms. The van der Waals surface area contributed by atoms with Gasteiger partial charge in [0, 0.05) is 22.3 Å². The predicted molar refractivity (Wildman–Crippen MR) is 156 cm³/mol. The number of benzene rings is 5. The molecule has 0 aliphatic carbocycles. The molecular weight excluding hydrogens is 497 g/mol. The standard InChI is InChI=1S/C34H22FN5/c35-25-16-11-17-26(22-25)40-30-21-10-9-20-29(30)36-34(40)28-19-8-7-18-27(28)33-38-31(23-12-3-1-4-13-23)37-32(39-33)24-14-5-2-6-15-24/h1-22H. The van der Waals surface area contributed by atoms with Gasteiger partial charge >= 0.3 is 0 Å². The second-order valence-electron chi connectivity index (χ2n) is 9.32. The van der Waals surface area contributed by atoms with Gasteiger partial charge in [0.15, 0.2) is 17.5 Å². The summed E-state index contributed by atoms with van der Waals surface area (Å²) < 4.78 is 16.4. The van der Waals surface area contributed by atoms with Gasteiger partial charge < -0.3 is 0 Å². The smallest absolute Gasteiger partial charge is 0.164 e. The van der Waals surface area contributed by atoms with Crippen molar-refractivity contribution in [3.05, 3.63) is 139 Å². The Morgan fingerprint density at radius 1 is 0.475 bits per heavy atom. The van der Waals surface area contributed by atoms with Crippen LogP contribution in [-0.4, -0.2) is 24.5 Å². The Balaban J connectivity index is 1.49. The van der Waals surface area contributed by atoms with E-state index in [0.717, 1.165) is 33.3 Å². The first-order chi connectivity index (χ1) is 19.7. The van der Waals surface area contributed by atoms with Gasteiger partial charge in [0.1, 0.15) is 11.6 Å². The van der Waals surface area contributed by atoms with Crippen LogP contribution in [0.4, 0.5) is 4.39 Å². The highest BCUT2D eigenvalue weighted by molar-refractivity contribution is 5.87. The average Bonchev–Trinajstić information content (AvgIpc) is 3.41. The van der Waals surface area contributed by atoms with Crippen LogP contribution in [0.1, 0.15) is 0 Å². The molecule has 7 rings (SSSR count). The fourth-order valence-electron chi connectivity index (χ4n) is 4.89. The first-order valence-corrected chi connectivity index (χ1v) is 12.9. The van der Waals surface area contributed by atoms with Crippen molar-refractivity contribution in [1.29, 1.82) is 0 Å². The number of para-hydroxylation sites is 2. The minimum Gasteiger partial charge on any atom is -0.292 e. The van der Waals surface area contributed by atoms with Gasteiger partial charge in [-0.2, -0.15) is 0 Å². The molecule has 0 atom stereocenters. The van der Waals surface area contributed by atoms with Crippen LogP contribution < -0.4 is 0 Å². The minimum atomic E-state index is -0.313. The summed E-state index contributed by atoms with van der Waals surface area (Å²) in [6, 6.07) is 42.1. The van der Waals surface area contributed by atoms with Crippen molar-refractivity contribution in [3.63, 3.8) is 0 Å². The lowest BCUT2D eigenvalue weighted by Gasteiger charge is -2.14. The molecule has 0 saturated heterocycles. The van der Waals surface area contributed by atoms with Gasteiger partial charge in [-0.1, -0.05) is 103 Å². The van der Waals surface area contributed by atoms with E-state index < -0.39 is 0 Å². The molecule has 0 radical (unpaired) electrons. The molecule has 0 amide bonds. The number of fused-ring (bicyclic) bond motifs is 1. The highest BCUT2D eigenvalue weighted by Crippen LogP contribution is 2.35. The third-order valence-corrected chi connectivity index (χ3v) is 6.74. The maximum Gasteiger partial charge on any atom is 0.164 e. The summed E-state index contributed by atoms with van der Waals surface area (Å²) in [5.41, 5.74) is 5.79. The fourth-order valence-corrected chi connectivity index (χ4v) is 4.89. The molecule has 0 aliphatic rings. The van der Waals surface area contributed by atoms with Crippen LogP contribution in [0.3, 0.4) is 0 Å². The lowest BCUT2D eigenvalue weighted by atomic mass is 10.1. The van der Waals surface area contributed by atoms with E-state index in [4.69, 9.17) is 19.9 Å². The number of aromatic nitrogens is 5. The summed E-state index contributed by atoms with van der Waals surface area (Å²) in [4.78, 5) is 19.7. The van der Waals surface area contributed by atoms with Crippen LogP contribution in [0.25, 0.3) is 62.3 Å². The molecule has 0 spiro atoms. The lowest BCUT2D eigenvalue weighted by molar-refractivity contribution is 0.627. The molecular formula is C34H22FN5. The molecule has 0 aliphatic heterocycles. The van der Waals surface area contributed by atoms with E-state index in [0.29, 0.717) is 29.0 Å². The predicted octanol–water partition coefficient (Wildman–Crippen LogP) is 8.02. The van der Waals surface area contributed by atoms with Gasteiger partial charge in [0.05, 0.1) is 16.7 Å². The highest BCUT2D eigenvalue weighted by atomic mass is 19.1.